The Morgan fingerprint density at radius 2 is 1.12 bits per heavy atom. The number of aliphatic hydroxyl groups excluding tert-OH is 1. The van der Waals surface area contributed by atoms with Gasteiger partial charge in [0.05, 0.1) is 80.6 Å². The first-order chi connectivity index (χ1) is 48.5. The molecule has 12 rings (SSSR count). The Bertz CT molecular complexity index is 4700. The molecule has 2 N–H and O–H groups in total. The molecule has 0 bridgehead atoms. The average Bonchev–Trinajstić information content (AvgIpc) is 0.708. The number of aryl methyl sites for hydroxylation is 2. The third-order valence-electron chi connectivity index (χ3n) is 21.0. The second kappa shape index (κ2) is 29.1. The van der Waals surface area contributed by atoms with Crippen molar-refractivity contribution in [1.29, 1.82) is 0 Å². The van der Waals surface area contributed by atoms with E-state index in [1.165, 1.54) is 52.6 Å². The standard InChI is InChI=1S/C45H60F3N5O5Si.C34H37F3N4O3/c1-26(2)37-38(27(3)18-19-49-37)53-39-30(22-32(47)35(36(39)48)34-31(46)16-14-17-33(34)56-11)40-41(42(53)54)50(20-15-21-57-59(12,13)45(8,9)10)24-29-25-51(28(4)23-52(29)40)43(55)58-44(5,6)7;1-18(2)29-30(20(4)11-12-38-29)41-31-22(15-24(36)27(28(31)37)26-23(35)7-5-8-25(26)43)32-33(34(41)44)39(13-6-14-42)17-21-10-9-19(3)16-40(21)32/h14,16-19,22,26,28-29H,15,20-21,23-25H2,1-13H3;5,7-8,11-12,15,18-19,21,42-43H,6,9-10,13-14,16-17H2,1-4H3/t28-,29+;19-,21+/m10/s1. The fourth-order valence-electron chi connectivity index (χ4n) is 15.0. The van der Waals surface area contributed by atoms with Gasteiger partial charge in [0, 0.05) is 94.3 Å². The number of halogens is 6. The van der Waals surface area contributed by atoms with Crippen LogP contribution >= 0.6 is 0 Å². The van der Waals surface area contributed by atoms with Crippen LogP contribution in [0.2, 0.25) is 18.1 Å². The molecule has 552 valence electrons. The number of piperidine rings is 1. The zero-order valence-electron chi connectivity index (χ0n) is 62.2. The predicted molar refractivity (Wildman–Crippen MR) is 398 cm³/mol. The maximum atomic E-state index is 17.9. The molecule has 2 fully saturated rings. The van der Waals surface area contributed by atoms with E-state index in [2.05, 4.69) is 55.7 Å². The Balaban J connectivity index is 0.000000215. The number of benzene rings is 4. The van der Waals surface area contributed by atoms with Crippen molar-refractivity contribution in [2.75, 3.05) is 85.7 Å². The van der Waals surface area contributed by atoms with Crippen molar-refractivity contribution < 1.29 is 55.2 Å². The van der Waals surface area contributed by atoms with E-state index in [-0.39, 0.29) is 93.9 Å². The summed E-state index contributed by atoms with van der Waals surface area (Å²) in [6.45, 7) is 34.9. The van der Waals surface area contributed by atoms with Crippen LogP contribution in [-0.2, 0) is 9.16 Å². The Morgan fingerprint density at radius 1 is 0.621 bits per heavy atom. The molecule has 0 unspecified atom stereocenters. The van der Waals surface area contributed by atoms with Gasteiger partial charge in [0.15, 0.2) is 20.0 Å². The molecule has 1 amide bonds. The number of methoxy groups -OCH3 is 1. The summed E-state index contributed by atoms with van der Waals surface area (Å²) in [4.78, 5) is 63.1. The summed E-state index contributed by atoms with van der Waals surface area (Å²) in [5.41, 5.74) is 0.0105. The van der Waals surface area contributed by atoms with Gasteiger partial charge >= 0.3 is 6.09 Å². The van der Waals surface area contributed by atoms with E-state index in [4.69, 9.17) is 13.9 Å². The summed E-state index contributed by atoms with van der Waals surface area (Å²) in [6.07, 6.45) is 5.62. The summed E-state index contributed by atoms with van der Waals surface area (Å²) in [5, 5.41) is 20.6. The number of carbonyl (C=O) groups is 1. The number of anilines is 4. The fraction of sp³-hybridized carbons (Fsp3) is 0.481. The Labute approximate surface area is 599 Å². The van der Waals surface area contributed by atoms with Gasteiger partial charge in [-0.05, 0) is 163 Å². The van der Waals surface area contributed by atoms with Crippen LogP contribution < -0.4 is 35.5 Å². The molecule has 0 aliphatic carbocycles. The molecule has 2 saturated heterocycles. The number of fused-ring (bicyclic) bond motifs is 10. The van der Waals surface area contributed by atoms with Crippen molar-refractivity contribution in [2.24, 2.45) is 5.92 Å². The molecule has 4 aliphatic heterocycles. The lowest BCUT2D eigenvalue weighted by atomic mass is 9.89. The number of rotatable bonds is 15. The maximum absolute atomic E-state index is 17.9. The Kier molecular flexibility index (Phi) is 21.4. The van der Waals surface area contributed by atoms with Crippen molar-refractivity contribution in [3.8, 4) is 45.1 Å². The van der Waals surface area contributed by atoms with Crippen molar-refractivity contribution in [3.05, 3.63) is 151 Å². The van der Waals surface area contributed by atoms with E-state index in [1.807, 2.05) is 77.0 Å². The average molecular weight is 1440 g/mol. The topological polar surface area (TPSA) is 171 Å². The number of nitrogens with zero attached hydrogens (tertiary/aromatic N) is 9. The number of piperazine rings is 1. The number of carbonyl (C=O) groups excluding carboxylic acids is 1. The van der Waals surface area contributed by atoms with Gasteiger partial charge in [0.2, 0.25) is 0 Å². The van der Waals surface area contributed by atoms with Crippen LogP contribution in [0.5, 0.6) is 11.5 Å². The number of hydrogen-bond donors (Lipinski definition) is 2. The maximum Gasteiger partial charge on any atom is 0.410 e. The molecule has 0 spiro atoms. The summed E-state index contributed by atoms with van der Waals surface area (Å²) in [7, 11) is -0.793. The molecule has 17 nitrogen and oxygen atoms in total. The van der Waals surface area contributed by atoms with Gasteiger partial charge in [-0.2, -0.15) is 0 Å². The van der Waals surface area contributed by atoms with E-state index in [1.54, 1.807) is 36.4 Å². The normalized spacial score (nSPS) is 17.7. The highest BCUT2D eigenvalue weighted by Crippen LogP contribution is 2.50. The second-order valence-corrected chi connectivity index (χ2v) is 36.1. The van der Waals surface area contributed by atoms with Crippen molar-refractivity contribution >= 4 is 59.0 Å². The third kappa shape index (κ3) is 14.0. The van der Waals surface area contributed by atoms with E-state index >= 15 is 31.1 Å². The molecule has 4 aromatic carbocycles. The largest absolute Gasteiger partial charge is 0.507 e. The van der Waals surface area contributed by atoms with Crippen LogP contribution in [0, 0.1) is 54.7 Å². The number of amides is 1. The van der Waals surface area contributed by atoms with Gasteiger partial charge in [-0.1, -0.05) is 67.5 Å². The Hall–Kier alpha value is -8.61. The van der Waals surface area contributed by atoms with Crippen LogP contribution in [0.4, 0.5) is 53.9 Å². The minimum atomic E-state index is -2.10. The minimum Gasteiger partial charge on any atom is -0.507 e. The van der Waals surface area contributed by atoms with Gasteiger partial charge in [-0.15, -0.1) is 0 Å². The molecule has 4 aliphatic rings. The van der Waals surface area contributed by atoms with Gasteiger partial charge in [0.25, 0.3) is 11.1 Å². The van der Waals surface area contributed by atoms with Gasteiger partial charge in [-0.3, -0.25) is 28.7 Å². The quantitative estimate of drug-likeness (QED) is 0.0564. The SMILES string of the molecule is COc1cccc(F)c1-c1c(F)cc2c3c(c(=O)n(-c4c(C)ccnc4C(C)C)c2c1F)N(CCCO[Si](C)(C)C(C)(C)C)C[C@H]1CN(C(=O)OC(C)(C)C)[C@H](C)CN31.Cc1ccnc(C(C)C)c1-n1c(=O)c2c(c3cc(F)c(-c4c(O)cccc4F)c(F)c31)N1C[C@@H](C)CC[C@@H]1CN2CCCO. The first-order valence-electron chi connectivity index (χ1n) is 35.7. The summed E-state index contributed by atoms with van der Waals surface area (Å²) in [5.74, 6) is -6.93. The lowest BCUT2D eigenvalue weighted by Gasteiger charge is -2.52. The first kappa shape index (κ1) is 75.5. The molecule has 4 aromatic heterocycles. The predicted octanol–water partition coefficient (Wildman–Crippen LogP) is 16.4. The first-order valence-corrected chi connectivity index (χ1v) is 38.7. The lowest BCUT2D eigenvalue weighted by molar-refractivity contribution is 0.0125. The van der Waals surface area contributed by atoms with Crippen LogP contribution in [-0.4, -0.2) is 138 Å². The van der Waals surface area contributed by atoms with Gasteiger partial charge in [0.1, 0.15) is 51.7 Å². The zero-order valence-corrected chi connectivity index (χ0v) is 63.2. The zero-order chi connectivity index (χ0) is 75.0. The second-order valence-electron chi connectivity index (χ2n) is 31.3. The molecule has 0 saturated carbocycles. The highest BCUT2D eigenvalue weighted by Gasteiger charge is 2.46. The van der Waals surface area contributed by atoms with E-state index in [0.29, 0.717) is 103 Å². The highest BCUT2D eigenvalue weighted by molar-refractivity contribution is 6.74. The van der Waals surface area contributed by atoms with Crippen LogP contribution in [0.1, 0.15) is 143 Å². The number of aromatic nitrogens is 4. The lowest BCUT2D eigenvalue weighted by Crippen LogP contribution is -2.65. The number of phenolic OH excluding ortho intramolecular Hbond substituents is 1. The number of aromatic hydroxyl groups is 1. The van der Waals surface area contributed by atoms with Gasteiger partial charge in [-0.25, -0.2) is 31.1 Å². The molecule has 8 aromatic rings. The molecular weight excluding hydrogens is 1340 g/mol. The van der Waals surface area contributed by atoms with Crippen molar-refractivity contribution in [3.63, 3.8) is 0 Å². The Morgan fingerprint density at radius 3 is 1.61 bits per heavy atom. The molecule has 103 heavy (non-hydrogen) atoms. The number of pyridine rings is 4. The summed E-state index contributed by atoms with van der Waals surface area (Å²) < 4.78 is 120. The van der Waals surface area contributed by atoms with Crippen LogP contribution in [0.15, 0.2) is 82.6 Å². The number of aliphatic hydroxyl groups is 1. The monoisotopic (exact) mass is 1440 g/mol. The molecule has 0 radical (unpaired) electrons. The van der Waals surface area contributed by atoms with Gasteiger partial charge < -0.3 is 48.6 Å². The fourth-order valence-corrected chi connectivity index (χ4v) is 16.1. The summed E-state index contributed by atoms with van der Waals surface area (Å²) >= 11 is 0. The smallest absolute Gasteiger partial charge is 0.410 e. The molecule has 4 atom stereocenters. The highest BCUT2D eigenvalue weighted by atomic mass is 28.4. The molecular formula is C79H97F6N9O8Si. The molecule has 24 heteroatoms. The van der Waals surface area contributed by atoms with E-state index in [9.17, 15) is 19.8 Å². The number of hydrogen-bond acceptors (Lipinski definition) is 14. The van der Waals surface area contributed by atoms with Crippen molar-refractivity contribution in [2.45, 2.75) is 176 Å². The summed E-state index contributed by atoms with van der Waals surface area (Å²) in [6, 6.07) is 12.5. The van der Waals surface area contributed by atoms with Crippen LogP contribution in [0.3, 0.4) is 0 Å². The van der Waals surface area contributed by atoms with Crippen LogP contribution in [0.25, 0.3) is 55.4 Å². The van der Waals surface area contributed by atoms with E-state index < -0.39 is 94.0 Å². The van der Waals surface area contributed by atoms with Crippen molar-refractivity contribution in [1.82, 2.24) is 24.0 Å². The number of phenols is 1. The minimum absolute atomic E-state index is 0.00281. The molecule has 8 heterocycles. The third-order valence-corrected chi connectivity index (χ3v) is 25.6. The number of ether oxygens (including phenoxy) is 2. The van der Waals surface area contributed by atoms with E-state index in [0.717, 1.165) is 25.0 Å².